The van der Waals surface area contributed by atoms with Crippen LogP contribution in [0, 0.1) is 11.8 Å². The Kier molecular flexibility index (Phi) is 10.1. The second-order valence-electron chi connectivity index (χ2n) is 9.72. The molecule has 0 unspecified atom stereocenters. The number of hydrogen-bond donors (Lipinski definition) is 2. The van der Waals surface area contributed by atoms with Crippen molar-refractivity contribution in [2.24, 2.45) is 11.8 Å². The van der Waals surface area contributed by atoms with E-state index >= 15 is 0 Å². The third-order valence-electron chi connectivity index (χ3n) is 7.06. The quantitative estimate of drug-likeness (QED) is 0.635. The Labute approximate surface area is 204 Å². The van der Waals surface area contributed by atoms with Crippen LogP contribution in [-0.2, 0) is 15.1 Å². The largest absolute Gasteiger partial charge is 0.463 e. The summed E-state index contributed by atoms with van der Waals surface area (Å²) in [4.78, 5) is 17.5. The summed E-state index contributed by atoms with van der Waals surface area (Å²) >= 11 is 0. The van der Waals surface area contributed by atoms with E-state index in [4.69, 9.17) is 9.84 Å². The molecule has 2 aromatic rings. The molecule has 0 amide bonds. The summed E-state index contributed by atoms with van der Waals surface area (Å²) < 4.78 is 5.58. The van der Waals surface area contributed by atoms with Crippen LogP contribution in [0.4, 0.5) is 0 Å². The number of piperidine rings is 2. The molecule has 2 heterocycles. The van der Waals surface area contributed by atoms with Gasteiger partial charge in [0.05, 0.1) is 6.61 Å². The molecule has 6 heteroatoms. The molecule has 2 aliphatic rings. The molecular formula is C28H40N2O4. The van der Waals surface area contributed by atoms with Crippen LogP contribution in [0.3, 0.4) is 0 Å². The van der Waals surface area contributed by atoms with Gasteiger partial charge in [-0.25, -0.2) is 4.79 Å². The van der Waals surface area contributed by atoms with E-state index in [1.807, 2.05) is 36.4 Å². The fourth-order valence-electron chi connectivity index (χ4n) is 4.53. The maximum absolute atomic E-state index is 12.9. The number of carbonyl (C=O) groups is 1. The van der Waals surface area contributed by atoms with E-state index in [9.17, 15) is 9.90 Å². The number of likely N-dealkylation sites (tertiary alicyclic amines) is 2. The van der Waals surface area contributed by atoms with Crippen molar-refractivity contribution in [2.75, 3.05) is 53.5 Å². The molecule has 2 N–H and O–H groups in total. The minimum atomic E-state index is -1.78. The van der Waals surface area contributed by atoms with Crippen LogP contribution in [0.15, 0.2) is 60.7 Å². The third kappa shape index (κ3) is 7.12. The highest BCUT2D eigenvalue weighted by Gasteiger charge is 2.41. The summed E-state index contributed by atoms with van der Waals surface area (Å²) in [5.74, 6) is 0.334. The van der Waals surface area contributed by atoms with Gasteiger partial charge in [0.25, 0.3) is 0 Å². The summed E-state index contributed by atoms with van der Waals surface area (Å²) in [6, 6.07) is 18.0. The second kappa shape index (κ2) is 13.0. The Bertz CT molecular complexity index is 806. The van der Waals surface area contributed by atoms with Crippen molar-refractivity contribution in [3.63, 3.8) is 0 Å². The monoisotopic (exact) mass is 468 g/mol. The number of rotatable bonds is 6. The van der Waals surface area contributed by atoms with Gasteiger partial charge in [-0.3, -0.25) is 0 Å². The lowest BCUT2D eigenvalue weighted by atomic mass is 9.86. The van der Waals surface area contributed by atoms with Gasteiger partial charge in [-0.2, -0.15) is 0 Å². The van der Waals surface area contributed by atoms with Gasteiger partial charge in [-0.1, -0.05) is 60.7 Å². The number of hydrogen-bond acceptors (Lipinski definition) is 6. The van der Waals surface area contributed by atoms with Gasteiger partial charge < -0.3 is 24.7 Å². The smallest absolute Gasteiger partial charge is 0.347 e. The van der Waals surface area contributed by atoms with Gasteiger partial charge in [0, 0.05) is 6.61 Å². The van der Waals surface area contributed by atoms with E-state index < -0.39 is 11.6 Å². The van der Waals surface area contributed by atoms with Gasteiger partial charge in [0.2, 0.25) is 5.60 Å². The summed E-state index contributed by atoms with van der Waals surface area (Å²) in [5.41, 5.74) is -0.738. The molecule has 4 rings (SSSR count). The first kappa shape index (κ1) is 26.4. The Morgan fingerprint density at radius 2 is 1.24 bits per heavy atom. The Balaban J connectivity index is 0.000000302. The molecule has 2 aromatic carbocycles. The van der Waals surface area contributed by atoms with Crippen LogP contribution in [0.2, 0.25) is 0 Å². The highest BCUT2D eigenvalue weighted by molar-refractivity contribution is 5.85. The van der Waals surface area contributed by atoms with Gasteiger partial charge in [-0.05, 0) is 88.9 Å². The highest BCUT2D eigenvalue weighted by atomic mass is 16.5. The van der Waals surface area contributed by atoms with Gasteiger partial charge in [0.1, 0.15) is 0 Å². The zero-order valence-corrected chi connectivity index (χ0v) is 20.6. The van der Waals surface area contributed by atoms with Crippen molar-refractivity contribution >= 4 is 5.97 Å². The van der Waals surface area contributed by atoms with E-state index in [1.165, 1.54) is 12.8 Å². The van der Waals surface area contributed by atoms with Crippen LogP contribution in [-0.4, -0.2) is 79.5 Å². The molecule has 0 radical (unpaired) electrons. The van der Waals surface area contributed by atoms with E-state index in [2.05, 4.69) is 23.9 Å². The van der Waals surface area contributed by atoms with Crippen LogP contribution in [0.1, 0.15) is 36.8 Å². The first-order chi connectivity index (χ1) is 16.4. The molecular weight excluding hydrogens is 428 g/mol. The maximum atomic E-state index is 12.9. The zero-order valence-electron chi connectivity index (χ0n) is 20.6. The number of benzene rings is 2. The average Bonchev–Trinajstić information content (AvgIpc) is 2.89. The van der Waals surface area contributed by atoms with Crippen molar-refractivity contribution in [3.8, 4) is 0 Å². The Morgan fingerprint density at radius 3 is 1.65 bits per heavy atom. The third-order valence-corrected chi connectivity index (χ3v) is 7.06. The fourth-order valence-corrected chi connectivity index (χ4v) is 4.53. The molecule has 2 saturated heterocycles. The summed E-state index contributed by atoms with van der Waals surface area (Å²) in [6.45, 7) is 5.09. The normalized spacial score (nSPS) is 18.7. The first-order valence-electron chi connectivity index (χ1n) is 12.4. The van der Waals surface area contributed by atoms with E-state index in [1.54, 1.807) is 24.3 Å². The predicted octanol–water partition coefficient (Wildman–Crippen LogP) is 3.13. The molecule has 0 bridgehead atoms. The standard InChI is InChI=1S/C21H25NO3.C7H15NO/c1-22-14-12-17(13-15-22)16-25-20(23)21(24,18-8-4-2-5-9-18)19-10-6-3-7-11-19;1-8-4-2-7(6-9)3-5-8/h2-11,17,24H,12-16H2,1H3;7,9H,2-6H2,1H3. The van der Waals surface area contributed by atoms with E-state index in [-0.39, 0.29) is 0 Å². The van der Waals surface area contributed by atoms with Gasteiger partial charge >= 0.3 is 5.97 Å². The molecule has 34 heavy (non-hydrogen) atoms. The number of aliphatic hydroxyl groups is 2. The molecule has 2 aliphatic heterocycles. The number of nitrogens with zero attached hydrogens (tertiary/aromatic N) is 2. The summed E-state index contributed by atoms with van der Waals surface area (Å²) in [6.07, 6.45) is 4.37. The summed E-state index contributed by atoms with van der Waals surface area (Å²) in [5, 5.41) is 20.1. The van der Waals surface area contributed by atoms with Crippen molar-refractivity contribution in [2.45, 2.75) is 31.3 Å². The minimum Gasteiger partial charge on any atom is -0.463 e. The highest BCUT2D eigenvalue weighted by Crippen LogP contribution is 2.31. The molecule has 186 valence electrons. The van der Waals surface area contributed by atoms with E-state index in [0.29, 0.717) is 36.2 Å². The Hall–Kier alpha value is -2.25. The van der Waals surface area contributed by atoms with E-state index in [0.717, 1.165) is 39.0 Å². The molecule has 6 nitrogen and oxygen atoms in total. The Morgan fingerprint density at radius 1 is 0.824 bits per heavy atom. The van der Waals surface area contributed by atoms with Crippen molar-refractivity contribution < 1.29 is 19.7 Å². The van der Waals surface area contributed by atoms with Gasteiger partial charge in [0.15, 0.2) is 0 Å². The maximum Gasteiger partial charge on any atom is 0.347 e. The van der Waals surface area contributed by atoms with Crippen LogP contribution >= 0.6 is 0 Å². The second-order valence-corrected chi connectivity index (χ2v) is 9.72. The first-order valence-corrected chi connectivity index (χ1v) is 12.4. The van der Waals surface area contributed by atoms with Crippen molar-refractivity contribution in [1.29, 1.82) is 0 Å². The number of ether oxygens (including phenoxy) is 1. The molecule has 0 aliphatic carbocycles. The SMILES string of the molecule is CN1CCC(CO)CC1.CN1CCC(COC(=O)C(O)(c2ccccc2)c2ccccc2)CC1. The van der Waals surface area contributed by atoms with Crippen LogP contribution < -0.4 is 0 Å². The number of esters is 1. The minimum absolute atomic E-state index is 0.356. The van der Waals surface area contributed by atoms with Crippen LogP contribution in [0.5, 0.6) is 0 Å². The molecule has 0 atom stereocenters. The predicted molar refractivity (Wildman–Crippen MR) is 134 cm³/mol. The molecule has 0 saturated carbocycles. The number of carbonyl (C=O) groups excluding carboxylic acids is 1. The topological polar surface area (TPSA) is 73.2 Å². The molecule has 2 fully saturated rings. The van der Waals surface area contributed by atoms with Gasteiger partial charge in [-0.15, -0.1) is 0 Å². The zero-order chi connectivity index (χ0) is 24.4. The molecule has 0 aromatic heterocycles. The van der Waals surface area contributed by atoms with Crippen LogP contribution in [0.25, 0.3) is 0 Å². The van der Waals surface area contributed by atoms with Crippen molar-refractivity contribution in [1.82, 2.24) is 9.80 Å². The lowest BCUT2D eigenvalue weighted by molar-refractivity contribution is -0.164. The summed E-state index contributed by atoms with van der Waals surface area (Å²) in [7, 11) is 4.24. The fraction of sp³-hybridized carbons (Fsp3) is 0.536. The van der Waals surface area contributed by atoms with Crippen molar-refractivity contribution in [3.05, 3.63) is 71.8 Å². The lowest BCUT2D eigenvalue weighted by Crippen LogP contribution is -2.40. The number of aliphatic hydroxyl groups excluding tert-OH is 1. The molecule has 0 spiro atoms. The lowest BCUT2D eigenvalue weighted by Gasteiger charge is -2.31. The average molecular weight is 469 g/mol.